The molecule has 1 aromatic carbocycles. The minimum absolute atomic E-state index is 0.129. The van der Waals surface area contributed by atoms with E-state index >= 15 is 0 Å². The van der Waals surface area contributed by atoms with Gasteiger partial charge in [0.25, 0.3) is 5.91 Å². The average Bonchev–Trinajstić information content (AvgIpc) is 3.14. The highest BCUT2D eigenvalue weighted by atomic mass is 16.2. The van der Waals surface area contributed by atoms with Gasteiger partial charge in [-0.25, -0.2) is 4.98 Å². The van der Waals surface area contributed by atoms with Crippen LogP contribution in [0.15, 0.2) is 66.9 Å². The number of rotatable bonds is 4. The summed E-state index contributed by atoms with van der Waals surface area (Å²) in [6.07, 6.45) is 1.68. The number of hydrogen-bond donors (Lipinski definition) is 1. The Bertz CT molecular complexity index is 1090. The van der Waals surface area contributed by atoms with Crippen molar-refractivity contribution in [3.8, 4) is 11.5 Å². The molecule has 0 bridgehead atoms. The third-order valence-corrected chi connectivity index (χ3v) is 4.21. The summed E-state index contributed by atoms with van der Waals surface area (Å²) in [4.78, 5) is 23.2. The standard InChI is InChI=1S/C20H18N6O/c1-25(13-14-7-3-2-4-8-14)20(27)15-11-17(21)26-18(12-15)23-19(24-26)16-9-5-6-10-22-16/h2-12H,13,21H2,1H3. The van der Waals surface area contributed by atoms with Gasteiger partial charge >= 0.3 is 0 Å². The number of nitrogen functional groups attached to an aromatic ring is 1. The van der Waals surface area contributed by atoms with Crippen LogP contribution in [0.2, 0.25) is 0 Å². The number of aromatic nitrogens is 4. The Morgan fingerprint density at radius 3 is 2.63 bits per heavy atom. The number of nitrogens with two attached hydrogens (primary N) is 1. The van der Waals surface area contributed by atoms with Gasteiger partial charge in [0.1, 0.15) is 11.5 Å². The van der Waals surface area contributed by atoms with Crippen LogP contribution >= 0.6 is 0 Å². The Labute approximate surface area is 156 Å². The summed E-state index contributed by atoms with van der Waals surface area (Å²) in [6.45, 7) is 0.511. The van der Waals surface area contributed by atoms with E-state index in [9.17, 15) is 4.79 Å². The fraction of sp³-hybridized carbons (Fsp3) is 0.100. The summed E-state index contributed by atoms with van der Waals surface area (Å²) in [5.41, 5.74) is 8.79. The van der Waals surface area contributed by atoms with E-state index in [1.165, 1.54) is 4.52 Å². The third kappa shape index (κ3) is 3.35. The van der Waals surface area contributed by atoms with Crippen LogP contribution in [0.4, 0.5) is 5.82 Å². The highest BCUT2D eigenvalue weighted by Crippen LogP contribution is 2.18. The SMILES string of the molecule is CN(Cc1ccccc1)C(=O)c1cc(N)n2nc(-c3ccccn3)nc2c1. The summed E-state index contributed by atoms with van der Waals surface area (Å²) >= 11 is 0. The number of benzene rings is 1. The molecule has 0 atom stereocenters. The Morgan fingerprint density at radius 1 is 1.11 bits per heavy atom. The van der Waals surface area contributed by atoms with E-state index in [0.717, 1.165) is 5.56 Å². The summed E-state index contributed by atoms with van der Waals surface area (Å²) in [5, 5.41) is 4.39. The van der Waals surface area contributed by atoms with Crippen molar-refractivity contribution in [1.29, 1.82) is 0 Å². The highest BCUT2D eigenvalue weighted by Gasteiger charge is 2.16. The van der Waals surface area contributed by atoms with Crippen LogP contribution in [-0.4, -0.2) is 37.4 Å². The van der Waals surface area contributed by atoms with Crippen molar-refractivity contribution in [1.82, 2.24) is 24.5 Å². The maximum Gasteiger partial charge on any atom is 0.254 e. The van der Waals surface area contributed by atoms with Crippen molar-refractivity contribution in [3.63, 3.8) is 0 Å². The molecule has 0 fully saturated rings. The molecule has 0 spiro atoms. The zero-order valence-corrected chi connectivity index (χ0v) is 14.8. The van der Waals surface area contributed by atoms with E-state index in [-0.39, 0.29) is 5.91 Å². The van der Waals surface area contributed by atoms with Gasteiger partial charge in [0.05, 0.1) is 0 Å². The molecule has 0 saturated heterocycles. The second-order valence-corrected chi connectivity index (χ2v) is 6.24. The lowest BCUT2D eigenvalue weighted by Gasteiger charge is -2.17. The van der Waals surface area contributed by atoms with E-state index in [2.05, 4.69) is 15.1 Å². The fourth-order valence-corrected chi connectivity index (χ4v) is 2.89. The first kappa shape index (κ1) is 16.7. The second-order valence-electron chi connectivity index (χ2n) is 6.24. The molecular formula is C20H18N6O. The summed E-state index contributed by atoms with van der Waals surface area (Å²) in [7, 11) is 1.76. The molecule has 0 aliphatic rings. The van der Waals surface area contributed by atoms with Crippen LogP contribution in [0.25, 0.3) is 17.2 Å². The number of nitrogens with zero attached hydrogens (tertiary/aromatic N) is 5. The van der Waals surface area contributed by atoms with Crippen LogP contribution in [0.3, 0.4) is 0 Å². The zero-order valence-electron chi connectivity index (χ0n) is 14.8. The molecule has 0 radical (unpaired) electrons. The lowest BCUT2D eigenvalue weighted by Crippen LogP contribution is -2.26. The van der Waals surface area contributed by atoms with Crippen molar-refractivity contribution >= 4 is 17.4 Å². The maximum absolute atomic E-state index is 12.8. The number of anilines is 1. The van der Waals surface area contributed by atoms with Crippen LogP contribution in [0, 0.1) is 0 Å². The Balaban J connectivity index is 1.65. The molecule has 2 N–H and O–H groups in total. The molecular weight excluding hydrogens is 340 g/mol. The van der Waals surface area contributed by atoms with Gasteiger partial charge < -0.3 is 10.6 Å². The number of amides is 1. The number of hydrogen-bond acceptors (Lipinski definition) is 5. The largest absolute Gasteiger partial charge is 0.384 e. The van der Waals surface area contributed by atoms with Crippen molar-refractivity contribution in [2.45, 2.75) is 6.54 Å². The third-order valence-electron chi connectivity index (χ3n) is 4.21. The average molecular weight is 358 g/mol. The minimum Gasteiger partial charge on any atom is -0.384 e. The summed E-state index contributed by atoms with van der Waals surface area (Å²) < 4.78 is 1.51. The molecule has 0 unspecified atom stereocenters. The van der Waals surface area contributed by atoms with Crippen LogP contribution in [0.5, 0.6) is 0 Å². The first-order valence-electron chi connectivity index (χ1n) is 8.49. The van der Waals surface area contributed by atoms with Crippen LogP contribution < -0.4 is 5.73 Å². The first-order valence-corrected chi connectivity index (χ1v) is 8.49. The lowest BCUT2D eigenvalue weighted by atomic mass is 10.2. The molecule has 3 heterocycles. The Morgan fingerprint density at radius 2 is 1.89 bits per heavy atom. The molecule has 0 aliphatic heterocycles. The van der Waals surface area contributed by atoms with Gasteiger partial charge in [-0.1, -0.05) is 36.4 Å². The number of pyridine rings is 2. The molecule has 3 aromatic heterocycles. The zero-order chi connectivity index (χ0) is 18.8. The number of fused-ring (bicyclic) bond motifs is 1. The molecule has 7 nitrogen and oxygen atoms in total. The van der Waals surface area contributed by atoms with Crippen LogP contribution in [-0.2, 0) is 6.54 Å². The smallest absolute Gasteiger partial charge is 0.254 e. The van der Waals surface area contributed by atoms with E-state index in [4.69, 9.17) is 5.73 Å². The summed E-state index contributed by atoms with van der Waals surface area (Å²) in [6, 6.07) is 18.7. The van der Waals surface area contributed by atoms with E-state index in [0.29, 0.717) is 35.1 Å². The van der Waals surface area contributed by atoms with Gasteiger partial charge in [-0.3, -0.25) is 9.78 Å². The van der Waals surface area contributed by atoms with Gasteiger partial charge in [0.2, 0.25) is 5.82 Å². The quantitative estimate of drug-likeness (QED) is 0.606. The molecule has 7 heteroatoms. The van der Waals surface area contributed by atoms with Crippen molar-refractivity contribution in [2.75, 3.05) is 12.8 Å². The molecule has 27 heavy (non-hydrogen) atoms. The molecule has 0 aliphatic carbocycles. The van der Waals surface area contributed by atoms with Gasteiger partial charge in [0, 0.05) is 25.4 Å². The van der Waals surface area contributed by atoms with Crippen LogP contribution in [0.1, 0.15) is 15.9 Å². The van der Waals surface area contributed by atoms with Crippen molar-refractivity contribution in [2.24, 2.45) is 0 Å². The fourth-order valence-electron chi connectivity index (χ4n) is 2.89. The molecule has 0 saturated carbocycles. The van der Waals surface area contributed by atoms with E-state index in [1.807, 2.05) is 48.5 Å². The normalized spacial score (nSPS) is 10.9. The molecule has 4 rings (SSSR count). The van der Waals surface area contributed by atoms with Crippen molar-refractivity contribution < 1.29 is 4.79 Å². The molecule has 1 amide bonds. The van der Waals surface area contributed by atoms with Gasteiger partial charge in [-0.15, -0.1) is 5.10 Å². The molecule has 134 valence electrons. The van der Waals surface area contributed by atoms with E-state index < -0.39 is 0 Å². The lowest BCUT2D eigenvalue weighted by molar-refractivity contribution is 0.0785. The number of carbonyl (C=O) groups excluding carboxylic acids is 1. The Kier molecular flexibility index (Phi) is 4.25. The van der Waals surface area contributed by atoms with Crippen molar-refractivity contribution in [3.05, 3.63) is 78.0 Å². The molecule has 4 aromatic rings. The highest BCUT2D eigenvalue weighted by molar-refractivity contribution is 5.95. The topological polar surface area (TPSA) is 89.4 Å². The Hall–Kier alpha value is -3.74. The van der Waals surface area contributed by atoms with Gasteiger partial charge in [-0.2, -0.15) is 4.52 Å². The maximum atomic E-state index is 12.8. The van der Waals surface area contributed by atoms with Gasteiger partial charge in [0.15, 0.2) is 5.65 Å². The predicted octanol–water partition coefficient (Wildman–Crippen LogP) is 2.65. The first-order chi connectivity index (χ1) is 13.1. The van der Waals surface area contributed by atoms with E-state index in [1.54, 1.807) is 30.3 Å². The monoisotopic (exact) mass is 358 g/mol. The van der Waals surface area contributed by atoms with Gasteiger partial charge in [-0.05, 0) is 29.8 Å². The second kappa shape index (κ2) is 6.87. The predicted molar refractivity (Wildman–Crippen MR) is 103 cm³/mol. The summed E-state index contributed by atoms with van der Waals surface area (Å²) in [5.74, 6) is 0.679. The number of carbonyl (C=O) groups is 1. The minimum atomic E-state index is -0.129.